The number of primary amides is 1. The number of benzene rings is 1. The summed E-state index contributed by atoms with van der Waals surface area (Å²) in [5.41, 5.74) is 8.81. The first-order valence-corrected chi connectivity index (χ1v) is 5.25. The summed E-state index contributed by atoms with van der Waals surface area (Å²) in [5, 5.41) is 0. The van der Waals surface area contributed by atoms with E-state index in [4.69, 9.17) is 10.5 Å². The number of fused-ring (bicyclic) bond motifs is 3. The first-order chi connectivity index (χ1) is 8.25. The van der Waals surface area contributed by atoms with Crippen molar-refractivity contribution in [3.05, 3.63) is 47.8 Å². The number of nitrogens with zero attached hydrogens (tertiary/aromatic N) is 1. The quantitative estimate of drug-likeness (QED) is 0.805. The minimum absolute atomic E-state index is 0.447. The Morgan fingerprint density at radius 1 is 1.29 bits per heavy atom. The first kappa shape index (κ1) is 9.84. The van der Waals surface area contributed by atoms with Gasteiger partial charge in [0.1, 0.15) is 12.4 Å². The van der Waals surface area contributed by atoms with Crippen LogP contribution >= 0.6 is 0 Å². The van der Waals surface area contributed by atoms with Gasteiger partial charge in [0.15, 0.2) is 0 Å². The van der Waals surface area contributed by atoms with Crippen LogP contribution in [0.5, 0.6) is 5.75 Å². The number of hydrogen-bond acceptors (Lipinski definition) is 3. The van der Waals surface area contributed by atoms with Crippen molar-refractivity contribution in [1.82, 2.24) is 4.98 Å². The van der Waals surface area contributed by atoms with E-state index >= 15 is 0 Å². The van der Waals surface area contributed by atoms with Crippen LogP contribution in [0.2, 0.25) is 0 Å². The molecule has 4 heteroatoms. The largest absolute Gasteiger partial charge is 0.488 e. The first-order valence-electron chi connectivity index (χ1n) is 5.25. The molecule has 17 heavy (non-hydrogen) atoms. The summed E-state index contributed by atoms with van der Waals surface area (Å²) in [7, 11) is 0. The Bertz CT molecular complexity index is 608. The monoisotopic (exact) mass is 226 g/mol. The van der Waals surface area contributed by atoms with Gasteiger partial charge in [0.05, 0.1) is 0 Å². The Balaban J connectivity index is 2.18. The molecule has 0 radical (unpaired) electrons. The van der Waals surface area contributed by atoms with E-state index < -0.39 is 5.91 Å². The molecule has 1 aliphatic rings. The number of hydrogen-bond donors (Lipinski definition) is 1. The second-order valence-corrected chi connectivity index (χ2v) is 3.90. The fourth-order valence-electron chi connectivity index (χ4n) is 1.98. The SMILES string of the molecule is NC(=O)c1ccc2c(c1)OCc1cnccc1-2. The Hall–Kier alpha value is -2.36. The van der Waals surface area contributed by atoms with Gasteiger partial charge in [-0.3, -0.25) is 9.78 Å². The average molecular weight is 226 g/mol. The van der Waals surface area contributed by atoms with Crippen molar-refractivity contribution in [2.75, 3.05) is 0 Å². The van der Waals surface area contributed by atoms with Crippen molar-refractivity contribution >= 4 is 5.91 Å². The van der Waals surface area contributed by atoms with Gasteiger partial charge >= 0.3 is 0 Å². The van der Waals surface area contributed by atoms with Gasteiger partial charge in [-0.05, 0) is 29.8 Å². The highest BCUT2D eigenvalue weighted by Gasteiger charge is 2.18. The van der Waals surface area contributed by atoms with Crippen LogP contribution in [0, 0.1) is 0 Å². The number of aromatic nitrogens is 1. The van der Waals surface area contributed by atoms with Crippen molar-refractivity contribution in [3.8, 4) is 16.9 Å². The fraction of sp³-hybridized carbons (Fsp3) is 0.0769. The number of nitrogens with two attached hydrogens (primary N) is 1. The summed E-state index contributed by atoms with van der Waals surface area (Å²) in [4.78, 5) is 15.2. The lowest BCUT2D eigenvalue weighted by Gasteiger charge is -2.20. The van der Waals surface area contributed by atoms with Gasteiger partial charge in [0, 0.05) is 29.1 Å². The highest BCUT2D eigenvalue weighted by Crippen LogP contribution is 2.37. The minimum Gasteiger partial charge on any atom is -0.488 e. The zero-order valence-electron chi connectivity index (χ0n) is 9.01. The van der Waals surface area contributed by atoms with E-state index in [2.05, 4.69) is 4.98 Å². The van der Waals surface area contributed by atoms with E-state index in [0.717, 1.165) is 16.7 Å². The molecule has 0 saturated carbocycles. The van der Waals surface area contributed by atoms with Gasteiger partial charge in [-0.15, -0.1) is 0 Å². The number of carbonyl (C=O) groups is 1. The maximum atomic E-state index is 11.1. The molecular formula is C13H10N2O2. The summed E-state index contributed by atoms with van der Waals surface area (Å²) < 4.78 is 5.59. The van der Waals surface area contributed by atoms with Crippen molar-refractivity contribution in [1.29, 1.82) is 0 Å². The van der Waals surface area contributed by atoms with Crippen LogP contribution in [0.4, 0.5) is 0 Å². The lowest BCUT2D eigenvalue weighted by Crippen LogP contribution is -2.12. The second kappa shape index (κ2) is 3.59. The third-order valence-electron chi connectivity index (χ3n) is 2.84. The van der Waals surface area contributed by atoms with E-state index in [0.29, 0.717) is 17.9 Å². The molecular weight excluding hydrogens is 216 g/mol. The summed E-state index contributed by atoms with van der Waals surface area (Å²) in [5.74, 6) is 0.247. The second-order valence-electron chi connectivity index (χ2n) is 3.90. The molecule has 0 fully saturated rings. The molecule has 2 aromatic rings. The van der Waals surface area contributed by atoms with Crippen molar-refractivity contribution in [3.63, 3.8) is 0 Å². The normalized spacial score (nSPS) is 12.2. The molecule has 4 nitrogen and oxygen atoms in total. The molecule has 0 saturated heterocycles. The Labute approximate surface area is 98.0 Å². The predicted molar refractivity (Wildman–Crippen MR) is 62.5 cm³/mol. The van der Waals surface area contributed by atoms with Crippen LogP contribution in [0.15, 0.2) is 36.7 Å². The summed E-state index contributed by atoms with van der Waals surface area (Å²) in [6, 6.07) is 7.19. The lowest BCUT2D eigenvalue weighted by atomic mass is 9.97. The molecule has 2 heterocycles. The maximum absolute atomic E-state index is 11.1. The molecule has 1 amide bonds. The molecule has 0 aliphatic carbocycles. The Morgan fingerprint density at radius 2 is 2.18 bits per heavy atom. The van der Waals surface area contributed by atoms with Crippen molar-refractivity contribution in [2.45, 2.75) is 6.61 Å². The minimum atomic E-state index is -0.447. The van der Waals surface area contributed by atoms with Crippen LogP contribution in [0.1, 0.15) is 15.9 Å². The van der Waals surface area contributed by atoms with Gasteiger partial charge in [-0.1, -0.05) is 0 Å². The van der Waals surface area contributed by atoms with E-state index in [1.807, 2.05) is 12.1 Å². The summed E-state index contributed by atoms with van der Waals surface area (Å²) >= 11 is 0. The maximum Gasteiger partial charge on any atom is 0.248 e. The van der Waals surface area contributed by atoms with Crippen molar-refractivity contribution in [2.24, 2.45) is 5.73 Å². The van der Waals surface area contributed by atoms with Crippen molar-refractivity contribution < 1.29 is 9.53 Å². The molecule has 2 N–H and O–H groups in total. The Kier molecular flexibility index (Phi) is 2.08. The molecule has 0 spiro atoms. The number of pyridine rings is 1. The zero-order valence-corrected chi connectivity index (χ0v) is 9.01. The number of rotatable bonds is 1. The number of ether oxygens (including phenoxy) is 1. The van der Waals surface area contributed by atoms with Gasteiger partial charge in [0.2, 0.25) is 5.91 Å². The molecule has 0 atom stereocenters. The van der Waals surface area contributed by atoms with Crippen LogP contribution in [-0.4, -0.2) is 10.9 Å². The zero-order chi connectivity index (χ0) is 11.8. The van der Waals surface area contributed by atoms with Crippen LogP contribution in [0.3, 0.4) is 0 Å². The number of carbonyl (C=O) groups excluding carboxylic acids is 1. The molecule has 0 unspecified atom stereocenters. The highest BCUT2D eigenvalue weighted by molar-refractivity contribution is 5.94. The molecule has 3 rings (SSSR count). The third kappa shape index (κ3) is 1.54. The molecule has 0 bridgehead atoms. The van der Waals surface area contributed by atoms with E-state index in [-0.39, 0.29) is 0 Å². The van der Waals surface area contributed by atoms with Gasteiger partial charge in [-0.2, -0.15) is 0 Å². The molecule has 1 aromatic carbocycles. The third-order valence-corrected chi connectivity index (χ3v) is 2.84. The fourth-order valence-corrected chi connectivity index (χ4v) is 1.98. The molecule has 1 aliphatic heterocycles. The van der Waals surface area contributed by atoms with Crippen LogP contribution in [-0.2, 0) is 6.61 Å². The lowest BCUT2D eigenvalue weighted by molar-refractivity contribution is 0.1000. The van der Waals surface area contributed by atoms with E-state index in [1.165, 1.54) is 0 Å². The predicted octanol–water partition coefficient (Wildman–Crippen LogP) is 1.74. The Morgan fingerprint density at radius 3 is 3.00 bits per heavy atom. The van der Waals surface area contributed by atoms with Gasteiger partial charge in [-0.25, -0.2) is 0 Å². The van der Waals surface area contributed by atoms with Gasteiger partial charge in [0.25, 0.3) is 0 Å². The summed E-state index contributed by atoms with van der Waals surface area (Å²) in [6.45, 7) is 0.471. The summed E-state index contributed by atoms with van der Waals surface area (Å²) in [6.07, 6.45) is 3.54. The standard InChI is InChI=1S/C13H10N2O2/c14-13(16)8-1-2-11-10-3-4-15-6-9(10)7-17-12(11)5-8/h1-6H,7H2,(H2,14,16). The van der Waals surface area contributed by atoms with Gasteiger partial charge < -0.3 is 10.5 Å². The van der Waals surface area contributed by atoms with Crippen LogP contribution < -0.4 is 10.5 Å². The number of amides is 1. The average Bonchev–Trinajstić information content (AvgIpc) is 2.38. The molecule has 1 aromatic heterocycles. The van der Waals surface area contributed by atoms with E-state index in [9.17, 15) is 4.79 Å². The smallest absolute Gasteiger partial charge is 0.248 e. The topological polar surface area (TPSA) is 65.2 Å². The highest BCUT2D eigenvalue weighted by atomic mass is 16.5. The van der Waals surface area contributed by atoms with Crippen LogP contribution in [0.25, 0.3) is 11.1 Å². The van der Waals surface area contributed by atoms with E-state index in [1.54, 1.807) is 24.5 Å². The molecule has 84 valence electrons.